The van der Waals surface area contributed by atoms with Crippen LogP contribution in [0.4, 0.5) is 14.9 Å². The monoisotopic (exact) mass is 345 g/mol. The number of terminal acetylenes is 1. The van der Waals surface area contributed by atoms with Gasteiger partial charge in [0.15, 0.2) is 0 Å². The van der Waals surface area contributed by atoms with E-state index in [1.54, 1.807) is 0 Å². The summed E-state index contributed by atoms with van der Waals surface area (Å²) in [6.45, 7) is 5.54. The van der Waals surface area contributed by atoms with Crippen molar-refractivity contribution in [2.45, 2.75) is 33.2 Å². The number of benzene rings is 1. The highest BCUT2D eigenvalue weighted by Gasteiger charge is 2.16. The van der Waals surface area contributed by atoms with E-state index < -0.39 is 11.8 Å². The zero-order valence-corrected chi connectivity index (χ0v) is 14.4. The summed E-state index contributed by atoms with van der Waals surface area (Å²) in [7, 11) is 0. The van der Waals surface area contributed by atoms with E-state index in [2.05, 4.69) is 21.7 Å². The second kappa shape index (κ2) is 8.20. The Labute approximate surface area is 145 Å². The van der Waals surface area contributed by atoms with Crippen molar-refractivity contribution in [3.63, 3.8) is 0 Å². The molecule has 0 bridgehead atoms. The van der Waals surface area contributed by atoms with Gasteiger partial charge in [-0.1, -0.05) is 11.1 Å². The average molecular weight is 345 g/mol. The SMILES string of the molecule is C#CCOc1ccc(F)cc1NC(=O)NC(C)Cc1c(C)noc1C. The first kappa shape index (κ1) is 18.3. The van der Waals surface area contributed by atoms with Gasteiger partial charge in [0.05, 0.1) is 11.4 Å². The Morgan fingerprint density at radius 2 is 2.24 bits per heavy atom. The molecule has 25 heavy (non-hydrogen) atoms. The lowest BCUT2D eigenvalue weighted by atomic mass is 10.1. The number of carbonyl (C=O) groups is 1. The number of hydrogen-bond acceptors (Lipinski definition) is 4. The Balaban J connectivity index is 2.00. The smallest absolute Gasteiger partial charge is 0.319 e. The predicted molar refractivity (Wildman–Crippen MR) is 92.0 cm³/mol. The van der Waals surface area contributed by atoms with Crippen molar-refractivity contribution in [3.05, 3.63) is 41.0 Å². The van der Waals surface area contributed by atoms with E-state index in [-0.39, 0.29) is 18.3 Å². The number of rotatable bonds is 6. The molecule has 132 valence electrons. The average Bonchev–Trinajstić information content (AvgIpc) is 2.86. The second-order valence-electron chi connectivity index (χ2n) is 5.64. The van der Waals surface area contributed by atoms with Gasteiger partial charge >= 0.3 is 6.03 Å². The number of aryl methyl sites for hydroxylation is 2. The largest absolute Gasteiger partial charge is 0.479 e. The lowest BCUT2D eigenvalue weighted by molar-refractivity contribution is 0.249. The number of aromatic nitrogens is 1. The van der Waals surface area contributed by atoms with Crippen molar-refractivity contribution in [1.82, 2.24) is 10.5 Å². The van der Waals surface area contributed by atoms with Crippen LogP contribution in [0, 0.1) is 32.0 Å². The summed E-state index contributed by atoms with van der Waals surface area (Å²) in [6, 6.07) is 3.16. The van der Waals surface area contributed by atoms with Gasteiger partial charge in [-0.15, -0.1) is 6.42 Å². The standard InChI is InChI=1S/C18H20FN3O3/c1-5-8-24-17-7-6-14(19)10-16(17)21-18(23)20-11(2)9-15-12(3)22-25-13(15)4/h1,6-7,10-11H,8-9H2,2-4H3,(H2,20,21,23). The molecule has 0 spiro atoms. The van der Waals surface area contributed by atoms with E-state index in [1.165, 1.54) is 18.2 Å². The van der Waals surface area contributed by atoms with Crippen LogP contribution in [0.3, 0.4) is 0 Å². The molecule has 2 rings (SSSR count). The molecular formula is C18H20FN3O3. The van der Waals surface area contributed by atoms with Crippen LogP contribution in [0.2, 0.25) is 0 Å². The zero-order valence-electron chi connectivity index (χ0n) is 14.4. The highest BCUT2D eigenvalue weighted by Crippen LogP contribution is 2.25. The minimum Gasteiger partial charge on any atom is -0.479 e. The third kappa shape index (κ3) is 4.98. The van der Waals surface area contributed by atoms with Gasteiger partial charge in [-0.3, -0.25) is 0 Å². The Morgan fingerprint density at radius 3 is 2.88 bits per heavy atom. The molecule has 1 heterocycles. The number of nitrogens with zero attached hydrogens (tertiary/aromatic N) is 1. The first-order chi connectivity index (χ1) is 11.9. The summed E-state index contributed by atoms with van der Waals surface area (Å²) < 4.78 is 23.8. The van der Waals surface area contributed by atoms with Gasteiger partial charge in [0.2, 0.25) is 0 Å². The molecule has 0 aliphatic carbocycles. The maximum atomic E-state index is 13.4. The summed E-state index contributed by atoms with van der Waals surface area (Å²) in [5, 5.41) is 9.25. The summed E-state index contributed by atoms with van der Waals surface area (Å²) in [5.41, 5.74) is 1.95. The minimum atomic E-state index is -0.493. The number of nitrogens with one attached hydrogen (secondary N) is 2. The van der Waals surface area contributed by atoms with Crippen LogP contribution in [-0.2, 0) is 6.42 Å². The van der Waals surface area contributed by atoms with Crippen molar-refractivity contribution >= 4 is 11.7 Å². The summed E-state index contributed by atoms with van der Waals surface area (Å²) in [6.07, 6.45) is 5.72. The molecule has 0 radical (unpaired) electrons. The van der Waals surface area contributed by atoms with Gasteiger partial charge < -0.3 is 19.9 Å². The normalized spacial score (nSPS) is 11.5. The topological polar surface area (TPSA) is 76.4 Å². The molecule has 7 heteroatoms. The third-order valence-corrected chi connectivity index (χ3v) is 3.57. The van der Waals surface area contributed by atoms with Crippen LogP contribution in [0.25, 0.3) is 0 Å². The van der Waals surface area contributed by atoms with Crippen molar-refractivity contribution in [3.8, 4) is 18.1 Å². The lowest BCUT2D eigenvalue weighted by Crippen LogP contribution is -2.37. The van der Waals surface area contributed by atoms with E-state index >= 15 is 0 Å². The van der Waals surface area contributed by atoms with Crippen molar-refractivity contribution in [2.24, 2.45) is 0 Å². The molecule has 0 fully saturated rings. The molecule has 6 nitrogen and oxygen atoms in total. The van der Waals surface area contributed by atoms with E-state index in [9.17, 15) is 9.18 Å². The predicted octanol–water partition coefficient (Wildman–Crippen LogP) is 3.20. The summed E-state index contributed by atoms with van der Waals surface area (Å²) in [4.78, 5) is 12.2. The molecule has 1 unspecified atom stereocenters. The van der Waals surface area contributed by atoms with E-state index in [0.717, 1.165) is 17.0 Å². The third-order valence-electron chi connectivity index (χ3n) is 3.57. The maximum Gasteiger partial charge on any atom is 0.319 e. The number of amides is 2. The van der Waals surface area contributed by atoms with Crippen LogP contribution in [0.5, 0.6) is 5.75 Å². The molecule has 0 saturated heterocycles. The minimum absolute atomic E-state index is 0.0182. The van der Waals surface area contributed by atoms with Gasteiger partial charge in [0.25, 0.3) is 0 Å². The number of hydrogen-bond donors (Lipinski definition) is 2. The van der Waals surface area contributed by atoms with E-state index in [4.69, 9.17) is 15.7 Å². The molecular weight excluding hydrogens is 325 g/mol. The first-order valence-corrected chi connectivity index (χ1v) is 7.75. The van der Waals surface area contributed by atoms with Gasteiger partial charge in [-0.05, 0) is 39.3 Å². The molecule has 0 saturated carbocycles. The Morgan fingerprint density at radius 1 is 1.48 bits per heavy atom. The van der Waals surface area contributed by atoms with Crippen LogP contribution in [-0.4, -0.2) is 23.8 Å². The van der Waals surface area contributed by atoms with Gasteiger partial charge in [-0.2, -0.15) is 0 Å². The highest BCUT2D eigenvalue weighted by atomic mass is 19.1. The van der Waals surface area contributed by atoms with Crippen molar-refractivity contribution in [2.75, 3.05) is 11.9 Å². The fourth-order valence-corrected chi connectivity index (χ4v) is 2.38. The lowest BCUT2D eigenvalue weighted by Gasteiger charge is -2.16. The van der Waals surface area contributed by atoms with Crippen LogP contribution in [0.1, 0.15) is 23.9 Å². The first-order valence-electron chi connectivity index (χ1n) is 7.75. The molecule has 1 aromatic carbocycles. The number of anilines is 1. The van der Waals surface area contributed by atoms with Gasteiger partial charge in [0, 0.05) is 17.7 Å². The van der Waals surface area contributed by atoms with Crippen molar-refractivity contribution in [1.29, 1.82) is 0 Å². The summed E-state index contributed by atoms with van der Waals surface area (Å²) >= 11 is 0. The maximum absolute atomic E-state index is 13.4. The van der Waals surface area contributed by atoms with Gasteiger partial charge in [0.1, 0.15) is 23.9 Å². The van der Waals surface area contributed by atoms with E-state index in [0.29, 0.717) is 12.2 Å². The number of urea groups is 1. The van der Waals surface area contributed by atoms with E-state index in [1.807, 2.05) is 20.8 Å². The molecule has 1 atom stereocenters. The van der Waals surface area contributed by atoms with Crippen LogP contribution in [0.15, 0.2) is 22.7 Å². The quantitative estimate of drug-likeness (QED) is 0.788. The number of carbonyl (C=O) groups excluding carboxylic acids is 1. The fraction of sp³-hybridized carbons (Fsp3) is 0.333. The highest BCUT2D eigenvalue weighted by molar-refractivity contribution is 5.91. The summed E-state index contributed by atoms with van der Waals surface area (Å²) in [5.74, 6) is 2.85. The van der Waals surface area contributed by atoms with Crippen LogP contribution >= 0.6 is 0 Å². The number of halogens is 1. The zero-order chi connectivity index (χ0) is 18.4. The Hall–Kier alpha value is -3.01. The fourth-order valence-electron chi connectivity index (χ4n) is 2.38. The molecule has 0 aliphatic heterocycles. The molecule has 1 aromatic heterocycles. The molecule has 2 N–H and O–H groups in total. The molecule has 0 aliphatic rings. The second-order valence-corrected chi connectivity index (χ2v) is 5.64. The Kier molecular flexibility index (Phi) is 6.01. The Bertz CT molecular complexity index is 776. The van der Waals surface area contributed by atoms with Crippen molar-refractivity contribution < 1.29 is 18.4 Å². The number of ether oxygens (including phenoxy) is 1. The molecule has 2 amide bonds. The molecule has 2 aromatic rings. The van der Waals surface area contributed by atoms with Gasteiger partial charge in [-0.25, -0.2) is 9.18 Å². The van der Waals surface area contributed by atoms with Crippen LogP contribution < -0.4 is 15.4 Å².